The van der Waals surface area contributed by atoms with E-state index in [4.69, 9.17) is 14.2 Å². The van der Waals surface area contributed by atoms with Crippen LogP contribution in [0.5, 0.6) is 11.5 Å². The summed E-state index contributed by atoms with van der Waals surface area (Å²) in [6.45, 7) is 3.36. The molecule has 0 bridgehead atoms. The molecule has 4 rings (SSSR count). The van der Waals surface area contributed by atoms with E-state index < -0.39 is 5.97 Å². The zero-order valence-corrected chi connectivity index (χ0v) is 17.6. The molecule has 0 N–H and O–H groups in total. The van der Waals surface area contributed by atoms with Crippen LogP contribution in [0.4, 0.5) is 5.69 Å². The van der Waals surface area contributed by atoms with Crippen LogP contribution >= 0.6 is 0 Å². The molecule has 1 amide bonds. The molecule has 2 aliphatic rings. The summed E-state index contributed by atoms with van der Waals surface area (Å²) in [5.74, 6) is 1.10. The Bertz CT molecular complexity index is 1060. The number of aliphatic imine (C=N–C) groups is 1. The molecule has 0 aliphatic carbocycles. The molecule has 0 spiro atoms. The van der Waals surface area contributed by atoms with Gasteiger partial charge >= 0.3 is 5.97 Å². The molecule has 7 nitrogen and oxygen atoms in total. The van der Waals surface area contributed by atoms with E-state index in [1.54, 1.807) is 36.3 Å². The fourth-order valence-electron chi connectivity index (χ4n) is 3.50. The first kappa shape index (κ1) is 20.7. The van der Waals surface area contributed by atoms with E-state index in [-0.39, 0.29) is 17.5 Å². The van der Waals surface area contributed by atoms with Crippen LogP contribution in [0.3, 0.4) is 0 Å². The number of hydrogen-bond donors (Lipinski definition) is 0. The molecule has 2 aromatic carbocycles. The Kier molecular flexibility index (Phi) is 6.02. The second-order valence-electron chi connectivity index (χ2n) is 7.29. The molecular weight excluding hydrogens is 396 g/mol. The fraction of sp³-hybridized carbons (Fsp3) is 0.292. The standard InChI is InChI=1S/C24H24N2O5/c1-3-13-30-20-11-6-16(15-21(20)29-2)14-19-24(28)31-23(25-19)17-7-9-18(10-8-17)26-12-4-5-22(26)27/h6-11,14-15H,3-5,12-13H2,1-2H3/b19-14-. The Hall–Kier alpha value is -3.61. The van der Waals surface area contributed by atoms with Crippen LogP contribution in [0.2, 0.25) is 0 Å². The number of nitrogens with zero attached hydrogens (tertiary/aromatic N) is 2. The molecule has 7 heteroatoms. The molecule has 2 aromatic rings. The molecule has 1 saturated heterocycles. The number of esters is 1. The minimum absolute atomic E-state index is 0.129. The van der Waals surface area contributed by atoms with Gasteiger partial charge in [-0.1, -0.05) is 13.0 Å². The van der Waals surface area contributed by atoms with Crippen molar-refractivity contribution in [3.8, 4) is 11.5 Å². The van der Waals surface area contributed by atoms with Gasteiger partial charge < -0.3 is 19.1 Å². The Labute approximate surface area is 180 Å². The van der Waals surface area contributed by atoms with Gasteiger partial charge in [0.1, 0.15) is 0 Å². The van der Waals surface area contributed by atoms with Crippen molar-refractivity contribution in [2.45, 2.75) is 26.2 Å². The van der Waals surface area contributed by atoms with Crippen LogP contribution in [-0.2, 0) is 14.3 Å². The quantitative estimate of drug-likeness (QED) is 0.501. The number of cyclic esters (lactones) is 1. The lowest BCUT2D eigenvalue weighted by molar-refractivity contribution is -0.130. The minimum Gasteiger partial charge on any atom is -0.493 e. The molecule has 2 aliphatic heterocycles. The average Bonchev–Trinajstić information content (AvgIpc) is 3.38. The van der Waals surface area contributed by atoms with Gasteiger partial charge in [-0.25, -0.2) is 9.79 Å². The summed E-state index contributed by atoms with van der Waals surface area (Å²) < 4.78 is 16.4. The summed E-state index contributed by atoms with van der Waals surface area (Å²) in [5.41, 5.74) is 2.47. The predicted octanol–water partition coefficient (Wildman–Crippen LogP) is 3.96. The Morgan fingerprint density at radius 2 is 1.94 bits per heavy atom. The zero-order valence-electron chi connectivity index (χ0n) is 17.6. The highest BCUT2D eigenvalue weighted by molar-refractivity contribution is 6.13. The van der Waals surface area contributed by atoms with Gasteiger partial charge in [-0.15, -0.1) is 0 Å². The normalized spacial score (nSPS) is 17.2. The summed E-state index contributed by atoms with van der Waals surface area (Å²) in [4.78, 5) is 30.4. The monoisotopic (exact) mass is 420 g/mol. The van der Waals surface area contributed by atoms with Crippen LogP contribution in [0.25, 0.3) is 6.08 Å². The van der Waals surface area contributed by atoms with Gasteiger partial charge in [-0.3, -0.25) is 4.79 Å². The number of methoxy groups -OCH3 is 1. The van der Waals surface area contributed by atoms with Gasteiger partial charge in [0.25, 0.3) is 0 Å². The van der Waals surface area contributed by atoms with Crippen LogP contribution < -0.4 is 14.4 Å². The number of anilines is 1. The summed E-state index contributed by atoms with van der Waals surface area (Å²) in [6.07, 6.45) is 4.00. The maximum atomic E-state index is 12.3. The number of benzene rings is 2. The van der Waals surface area contributed by atoms with E-state index >= 15 is 0 Å². The Morgan fingerprint density at radius 3 is 2.61 bits per heavy atom. The predicted molar refractivity (Wildman–Crippen MR) is 117 cm³/mol. The Balaban J connectivity index is 1.54. The number of ether oxygens (including phenoxy) is 3. The molecule has 1 fully saturated rings. The van der Waals surface area contributed by atoms with Crippen LogP contribution in [0, 0.1) is 0 Å². The van der Waals surface area contributed by atoms with E-state index in [2.05, 4.69) is 4.99 Å². The second-order valence-corrected chi connectivity index (χ2v) is 7.29. The third kappa shape index (κ3) is 4.45. The van der Waals surface area contributed by atoms with Crippen molar-refractivity contribution in [1.29, 1.82) is 0 Å². The molecule has 0 radical (unpaired) electrons. The van der Waals surface area contributed by atoms with E-state index in [0.29, 0.717) is 30.1 Å². The molecule has 2 heterocycles. The van der Waals surface area contributed by atoms with Crippen molar-refractivity contribution in [3.05, 3.63) is 59.3 Å². The van der Waals surface area contributed by atoms with Crippen molar-refractivity contribution < 1.29 is 23.8 Å². The first-order chi connectivity index (χ1) is 15.1. The topological polar surface area (TPSA) is 77.4 Å². The van der Waals surface area contributed by atoms with Gasteiger partial charge in [-0.2, -0.15) is 0 Å². The lowest BCUT2D eigenvalue weighted by Crippen LogP contribution is -2.23. The van der Waals surface area contributed by atoms with Crippen LogP contribution in [0.1, 0.15) is 37.3 Å². The van der Waals surface area contributed by atoms with Gasteiger partial charge in [0.15, 0.2) is 17.2 Å². The number of rotatable bonds is 7. The molecular formula is C24H24N2O5. The summed E-state index contributed by atoms with van der Waals surface area (Å²) in [7, 11) is 1.57. The maximum Gasteiger partial charge on any atom is 0.363 e. The van der Waals surface area contributed by atoms with Crippen molar-refractivity contribution in [3.63, 3.8) is 0 Å². The number of carbonyl (C=O) groups is 2. The minimum atomic E-state index is -0.515. The summed E-state index contributed by atoms with van der Waals surface area (Å²) >= 11 is 0. The fourth-order valence-corrected chi connectivity index (χ4v) is 3.50. The lowest BCUT2D eigenvalue weighted by atomic mass is 10.1. The van der Waals surface area contributed by atoms with Gasteiger partial charge in [-0.05, 0) is 60.9 Å². The largest absolute Gasteiger partial charge is 0.493 e. The molecule has 0 atom stereocenters. The SMILES string of the molecule is CCCOc1ccc(/C=C2\N=C(c3ccc(N4CCCC4=O)cc3)OC2=O)cc1OC. The highest BCUT2D eigenvalue weighted by atomic mass is 16.6. The van der Waals surface area contributed by atoms with Crippen molar-refractivity contribution in [2.24, 2.45) is 4.99 Å². The molecule has 0 saturated carbocycles. The molecule has 0 aromatic heterocycles. The van der Waals surface area contributed by atoms with E-state index in [1.165, 1.54) is 0 Å². The van der Waals surface area contributed by atoms with E-state index in [9.17, 15) is 9.59 Å². The third-order valence-corrected chi connectivity index (χ3v) is 5.07. The first-order valence-corrected chi connectivity index (χ1v) is 10.3. The Morgan fingerprint density at radius 1 is 1.13 bits per heavy atom. The van der Waals surface area contributed by atoms with Crippen molar-refractivity contribution in [1.82, 2.24) is 0 Å². The van der Waals surface area contributed by atoms with Crippen LogP contribution in [0.15, 0.2) is 53.2 Å². The third-order valence-electron chi connectivity index (χ3n) is 5.07. The second kappa shape index (κ2) is 9.04. The molecule has 160 valence electrons. The average molecular weight is 420 g/mol. The van der Waals surface area contributed by atoms with Crippen LogP contribution in [-0.4, -0.2) is 38.0 Å². The van der Waals surface area contributed by atoms with Gasteiger partial charge in [0.2, 0.25) is 11.8 Å². The summed E-state index contributed by atoms with van der Waals surface area (Å²) in [6, 6.07) is 12.7. The summed E-state index contributed by atoms with van der Waals surface area (Å²) in [5, 5.41) is 0. The first-order valence-electron chi connectivity index (χ1n) is 10.3. The molecule has 0 unspecified atom stereocenters. The van der Waals surface area contributed by atoms with E-state index in [0.717, 1.165) is 30.6 Å². The highest BCUT2D eigenvalue weighted by Crippen LogP contribution is 2.30. The van der Waals surface area contributed by atoms with Gasteiger partial charge in [0, 0.05) is 24.2 Å². The number of amides is 1. The van der Waals surface area contributed by atoms with Gasteiger partial charge in [0.05, 0.1) is 13.7 Å². The van der Waals surface area contributed by atoms with Crippen molar-refractivity contribution >= 4 is 29.5 Å². The number of carbonyl (C=O) groups excluding carboxylic acids is 2. The van der Waals surface area contributed by atoms with E-state index in [1.807, 2.05) is 31.2 Å². The maximum absolute atomic E-state index is 12.3. The zero-order chi connectivity index (χ0) is 21.8. The lowest BCUT2D eigenvalue weighted by Gasteiger charge is -2.15. The smallest absolute Gasteiger partial charge is 0.363 e. The number of hydrogen-bond acceptors (Lipinski definition) is 6. The van der Waals surface area contributed by atoms with Crippen molar-refractivity contribution in [2.75, 3.05) is 25.2 Å². The molecule has 31 heavy (non-hydrogen) atoms. The highest BCUT2D eigenvalue weighted by Gasteiger charge is 2.25.